The number of nitrogens with one attached hydrogen (secondary N) is 1. The number of aromatic nitrogens is 1. The first-order chi connectivity index (χ1) is 19.6. The van der Waals surface area contributed by atoms with Crippen molar-refractivity contribution in [3.63, 3.8) is 0 Å². The minimum atomic E-state index is -1.24. The van der Waals surface area contributed by atoms with Crippen LogP contribution < -0.4 is 9.46 Å². The van der Waals surface area contributed by atoms with Crippen molar-refractivity contribution in [1.29, 1.82) is 0 Å². The molecule has 2 aromatic heterocycles. The zero-order valence-corrected chi connectivity index (χ0v) is 24.7. The van der Waals surface area contributed by atoms with Crippen LogP contribution in [0.1, 0.15) is 50.3 Å². The van der Waals surface area contributed by atoms with Gasteiger partial charge in [-0.3, -0.25) is 9.78 Å². The molecule has 8 nitrogen and oxygen atoms in total. The minimum absolute atomic E-state index is 0.0241. The van der Waals surface area contributed by atoms with Gasteiger partial charge in [0.15, 0.2) is 0 Å². The third kappa shape index (κ3) is 8.07. The third-order valence-electron chi connectivity index (χ3n) is 6.15. The van der Waals surface area contributed by atoms with E-state index in [-0.39, 0.29) is 25.4 Å². The number of halogens is 1. The summed E-state index contributed by atoms with van der Waals surface area (Å²) in [5, 5.41) is 0.851. The first-order valence-electron chi connectivity index (χ1n) is 13.3. The summed E-state index contributed by atoms with van der Waals surface area (Å²) in [7, 11) is 1.60. The Morgan fingerprint density at radius 2 is 1.93 bits per heavy atom. The van der Waals surface area contributed by atoms with Crippen LogP contribution in [0.15, 0.2) is 59.1 Å². The van der Waals surface area contributed by atoms with Gasteiger partial charge in [0.1, 0.15) is 40.9 Å². The average molecular weight is 583 g/mol. The predicted molar refractivity (Wildman–Crippen MR) is 156 cm³/mol. The lowest BCUT2D eigenvalue weighted by Gasteiger charge is -2.23. The Balaban J connectivity index is 1.65. The SMILES string of the molecule is CCOC(=O)Cc1ccc(F)cc1OCc1cc(-c2ccnc(CN[S+]([O-])C(C)(C)C)c2)c2oc(COC)cc2c1. The Kier molecular flexibility index (Phi) is 10.0. The maximum Gasteiger partial charge on any atom is 0.310 e. The normalized spacial score (nSPS) is 12.5. The fourth-order valence-corrected chi connectivity index (χ4v) is 4.93. The van der Waals surface area contributed by atoms with E-state index in [1.54, 1.807) is 20.2 Å². The quantitative estimate of drug-likeness (QED) is 0.160. The number of ether oxygens (including phenoxy) is 3. The van der Waals surface area contributed by atoms with E-state index in [0.717, 1.165) is 27.8 Å². The second-order valence-electron chi connectivity index (χ2n) is 10.5. The number of fused-ring (bicyclic) bond motifs is 1. The van der Waals surface area contributed by atoms with Gasteiger partial charge in [-0.1, -0.05) is 6.07 Å². The topological polar surface area (TPSA) is 106 Å². The lowest BCUT2D eigenvalue weighted by Crippen LogP contribution is -2.39. The zero-order chi connectivity index (χ0) is 29.6. The number of nitrogens with zero attached hydrogens (tertiary/aromatic N) is 1. The van der Waals surface area contributed by atoms with E-state index < -0.39 is 27.9 Å². The van der Waals surface area contributed by atoms with Crippen LogP contribution in [-0.4, -0.2) is 34.0 Å². The highest BCUT2D eigenvalue weighted by Gasteiger charge is 2.26. The Bertz CT molecular complexity index is 1500. The fourth-order valence-electron chi connectivity index (χ4n) is 4.22. The highest BCUT2D eigenvalue weighted by atomic mass is 32.2. The van der Waals surface area contributed by atoms with Crippen LogP contribution in [0.4, 0.5) is 4.39 Å². The van der Waals surface area contributed by atoms with Gasteiger partial charge in [0.25, 0.3) is 0 Å². The molecule has 0 aliphatic carbocycles. The number of methoxy groups -OCH3 is 1. The molecule has 1 atom stereocenters. The molecular formula is C31H35FN2O6S. The van der Waals surface area contributed by atoms with E-state index in [0.29, 0.717) is 30.1 Å². The molecule has 0 saturated carbocycles. The van der Waals surface area contributed by atoms with E-state index >= 15 is 0 Å². The highest BCUT2D eigenvalue weighted by molar-refractivity contribution is 7.90. The Morgan fingerprint density at radius 1 is 1.12 bits per heavy atom. The molecule has 41 heavy (non-hydrogen) atoms. The smallest absolute Gasteiger partial charge is 0.310 e. The van der Waals surface area contributed by atoms with Crippen LogP contribution >= 0.6 is 0 Å². The summed E-state index contributed by atoms with van der Waals surface area (Å²) < 4.78 is 51.7. The van der Waals surface area contributed by atoms with Gasteiger partial charge in [0, 0.05) is 47.2 Å². The molecule has 0 bridgehead atoms. The molecule has 0 fully saturated rings. The summed E-state index contributed by atoms with van der Waals surface area (Å²) in [6.07, 6.45) is 1.68. The molecule has 0 amide bonds. The van der Waals surface area contributed by atoms with Crippen molar-refractivity contribution in [2.45, 2.75) is 58.6 Å². The molecule has 0 aliphatic rings. The molecule has 4 aromatic rings. The molecule has 218 valence electrons. The Hall–Kier alpha value is -3.44. The average Bonchev–Trinajstić information content (AvgIpc) is 3.33. The number of hydrogen-bond donors (Lipinski definition) is 1. The van der Waals surface area contributed by atoms with E-state index in [9.17, 15) is 13.7 Å². The molecule has 4 rings (SSSR count). The monoisotopic (exact) mass is 582 g/mol. The van der Waals surface area contributed by atoms with E-state index in [1.165, 1.54) is 18.2 Å². The number of rotatable bonds is 12. The van der Waals surface area contributed by atoms with Crippen LogP contribution in [0.25, 0.3) is 22.1 Å². The number of benzene rings is 2. The Labute approximate surface area is 242 Å². The molecule has 0 radical (unpaired) electrons. The molecule has 0 saturated heterocycles. The standard InChI is InChI=1S/C31H35FN2O6S/c1-6-38-29(35)15-22-7-8-24(32)16-28(22)39-18-20-11-23-14-26(19-37-5)40-30(23)27(12-20)21-9-10-33-25(13-21)17-34-41(36)31(2,3)4/h7-14,16,34H,6,15,17-19H2,1-5H3. The van der Waals surface area contributed by atoms with Crippen molar-refractivity contribution >= 4 is 28.3 Å². The van der Waals surface area contributed by atoms with Gasteiger partial charge in [-0.05, 0) is 75.2 Å². The minimum Gasteiger partial charge on any atom is -0.598 e. The van der Waals surface area contributed by atoms with Crippen LogP contribution in [-0.2, 0) is 51.8 Å². The van der Waals surface area contributed by atoms with Gasteiger partial charge >= 0.3 is 5.97 Å². The highest BCUT2D eigenvalue weighted by Crippen LogP contribution is 2.34. The van der Waals surface area contributed by atoms with Crippen LogP contribution in [0.2, 0.25) is 0 Å². The Morgan fingerprint density at radius 3 is 2.66 bits per heavy atom. The van der Waals surface area contributed by atoms with Gasteiger partial charge in [0.05, 0.1) is 25.3 Å². The van der Waals surface area contributed by atoms with Crippen molar-refractivity contribution in [2.75, 3.05) is 13.7 Å². The van der Waals surface area contributed by atoms with Crippen LogP contribution in [0.5, 0.6) is 5.75 Å². The maximum absolute atomic E-state index is 14.1. The van der Waals surface area contributed by atoms with Gasteiger partial charge in [-0.25, -0.2) is 4.39 Å². The van der Waals surface area contributed by atoms with Gasteiger partial charge < -0.3 is 23.2 Å². The van der Waals surface area contributed by atoms with Crippen molar-refractivity contribution < 1.29 is 32.4 Å². The summed E-state index contributed by atoms with van der Waals surface area (Å²) >= 11 is -1.24. The first-order valence-corrected chi connectivity index (χ1v) is 14.4. The second-order valence-corrected chi connectivity index (χ2v) is 12.5. The number of carbonyl (C=O) groups excluding carboxylic acids is 1. The molecule has 2 heterocycles. The van der Waals surface area contributed by atoms with Crippen molar-refractivity contribution in [2.24, 2.45) is 0 Å². The molecule has 1 N–H and O–H groups in total. The van der Waals surface area contributed by atoms with Crippen molar-refractivity contribution in [3.05, 3.63) is 83.1 Å². The molecule has 1 unspecified atom stereocenters. The van der Waals surface area contributed by atoms with Crippen LogP contribution in [0.3, 0.4) is 0 Å². The summed E-state index contributed by atoms with van der Waals surface area (Å²) in [6, 6.07) is 13.7. The zero-order valence-electron chi connectivity index (χ0n) is 23.9. The van der Waals surface area contributed by atoms with E-state index in [4.69, 9.17) is 18.6 Å². The lowest BCUT2D eigenvalue weighted by atomic mass is 10.0. The van der Waals surface area contributed by atoms with E-state index in [2.05, 4.69) is 9.71 Å². The number of pyridine rings is 1. The molecule has 0 aliphatic heterocycles. The maximum atomic E-state index is 14.1. The summed E-state index contributed by atoms with van der Waals surface area (Å²) in [4.78, 5) is 16.5. The van der Waals surface area contributed by atoms with Gasteiger partial charge in [-0.15, -0.1) is 4.72 Å². The number of furan rings is 1. The predicted octanol–water partition coefficient (Wildman–Crippen LogP) is 6.02. The van der Waals surface area contributed by atoms with Gasteiger partial charge in [-0.2, -0.15) is 0 Å². The van der Waals surface area contributed by atoms with Crippen LogP contribution in [0, 0.1) is 5.82 Å². The molecular weight excluding hydrogens is 547 g/mol. The third-order valence-corrected chi connectivity index (χ3v) is 7.66. The molecule has 0 spiro atoms. The van der Waals surface area contributed by atoms with Gasteiger partial charge in [0.2, 0.25) is 0 Å². The largest absolute Gasteiger partial charge is 0.598 e. The number of hydrogen-bond acceptors (Lipinski definition) is 8. The molecule has 10 heteroatoms. The summed E-state index contributed by atoms with van der Waals surface area (Å²) in [5.74, 6) is 0.0652. The van der Waals surface area contributed by atoms with Crippen molar-refractivity contribution in [1.82, 2.24) is 9.71 Å². The summed E-state index contributed by atoms with van der Waals surface area (Å²) in [6.45, 7) is 8.47. The number of carbonyl (C=O) groups is 1. The summed E-state index contributed by atoms with van der Waals surface area (Å²) in [5.41, 5.74) is 4.43. The van der Waals surface area contributed by atoms with E-state index in [1.807, 2.05) is 51.1 Å². The second kappa shape index (κ2) is 13.5. The lowest BCUT2D eigenvalue weighted by molar-refractivity contribution is -0.142. The first kappa shape index (κ1) is 30.5. The van der Waals surface area contributed by atoms with Crippen molar-refractivity contribution in [3.8, 4) is 16.9 Å². The number of esters is 1. The molecule has 2 aromatic carbocycles. The fraction of sp³-hybridized carbons (Fsp3) is 0.355.